The Labute approximate surface area is 121 Å². The van der Waals surface area contributed by atoms with Crippen LogP contribution in [0.4, 0.5) is 0 Å². The molecular formula is C16H26N2O2. The summed E-state index contributed by atoms with van der Waals surface area (Å²) in [5.41, 5.74) is 0. The molecule has 3 fully saturated rings. The zero-order valence-corrected chi connectivity index (χ0v) is 12.6. The average Bonchev–Trinajstić information content (AvgIpc) is 3.28. The summed E-state index contributed by atoms with van der Waals surface area (Å²) in [5.74, 6) is 1.57. The van der Waals surface area contributed by atoms with Crippen LogP contribution in [0.15, 0.2) is 0 Å². The Morgan fingerprint density at radius 3 is 2.20 bits per heavy atom. The normalized spacial score (nSPS) is 30.9. The van der Waals surface area contributed by atoms with Gasteiger partial charge in [0.05, 0.1) is 0 Å². The van der Waals surface area contributed by atoms with Gasteiger partial charge in [-0.3, -0.25) is 9.59 Å². The molecule has 3 aliphatic rings. The Morgan fingerprint density at radius 2 is 1.75 bits per heavy atom. The third-order valence-corrected chi connectivity index (χ3v) is 5.00. The van der Waals surface area contributed by atoms with Crippen molar-refractivity contribution < 1.29 is 9.59 Å². The van der Waals surface area contributed by atoms with Gasteiger partial charge >= 0.3 is 0 Å². The number of nitrogens with one attached hydrogen (secondary N) is 1. The molecule has 1 heterocycles. The number of carbonyl (C=O) groups excluding carboxylic acids is 2. The van der Waals surface area contributed by atoms with Crippen LogP contribution in [0.25, 0.3) is 0 Å². The van der Waals surface area contributed by atoms with Gasteiger partial charge in [-0.1, -0.05) is 20.3 Å². The number of piperazine rings is 1. The van der Waals surface area contributed by atoms with Crippen LogP contribution in [0.3, 0.4) is 0 Å². The van der Waals surface area contributed by atoms with E-state index in [0.29, 0.717) is 17.9 Å². The second kappa shape index (κ2) is 5.38. The first-order valence-electron chi connectivity index (χ1n) is 8.29. The van der Waals surface area contributed by atoms with Crippen LogP contribution in [0.2, 0.25) is 0 Å². The van der Waals surface area contributed by atoms with E-state index in [1.165, 1.54) is 25.7 Å². The molecule has 2 saturated carbocycles. The van der Waals surface area contributed by atoms with Gasteiger partial charge in [0, 0.05) is 6.04 Å². The molecule has 2 atom stereocenters. The Bertz CT molecular complexity index is 389. The van der Waals surface area contributed by atoms with E-state index >= 15 is 0 Å². The fourth-order valence-corrected chi connectivity index (χ4v) is 3.73. The summed E-state index contributed by atoms with van der Waals surface area (Å²) in [5, 5.41) is 2.94. The summed E-state index contributed by atoms with van der Waals surface area (Å²) in [4.78, 5) is 27.2. The van der Waals surface area contributed by atoms with E-state index in [1.807, 2.05) is 11.8 Å². The van der Waals surface area contributed by atoms with Crippen molar-refractivity contribution in [3.05, 3.63) is 0 Å². The minimum Gasteiger partial charge on any atom is -0.343 e. The summed E-state index contributed by atoms with van der Waals surface area (Å²) < 4.78 is 0. The number of carbonyl (C=O) groups is 2. The molecule has 2 amide bonds. The first-order chi connectivity index (χ1) is 9.67. The quantitative estimate of drug-likeness (QED) is 0.808. The van der Waals surface area contributed by atoms with Crippen molar-refractivity contribution in [1.29, 1.82) is 0 Å². The van der Waals surface area contributed by atoms with Crippen LogP contribution in [-0.2, 0) is 9.59 Å². The van der Waals surface area contributed by atoms with Crippen molar-refractivity contribution in [3.63, 3.8) is 0 Å². The SMILES string of the molecule is CCCC1NC(=O)C(CC)N(C(C2CC2)C2CC2)C1=O. The maximum atomic E-state index is 12.8. The predicted molar refractivity (Wildman–Crippen MR) is 77.0 cm³/mol. The maximum absolute atomic E-state index is 12.8. The third-order valence-electron chi connectivity index (χ3n) is 5.00. The molecule has 4 heteroatoms. The van der Waals surface area contributed by atoms with E-state index in [4.69, 9.17) is 0 Å². The summed E-state index contributed by atoms with van der Waals surface area (Å²) in [6.45, 7) is 4.08. The zero-order valence-electron chi connectivity index (χ0n) is 12.6. The molecule has 1 aliphatic heterocycles. The summed E-state index contributed by atoms with van der Waals surface area (Å²) in [6.07, 6.45) is 7.37. The molecule has 20 heavy (non-hydrogen) atoms. The highest BCUT2D eigenvalue weighted by atomic mass is 16.2. The van der Waals surface area contributed by atoms with Crippen LogP contribution in [-0.4, -0.2) is 34.8 Å². The number of hydrogen-bond acceptors (Lipinski definition) is 2. The van der Waals surface area contributed by atoms with Crippen molar-refractivity contribution >= 4 is 11.8 Å². The van der Waals surface area contributed by atoms with Crippen molar-refractivity contribution in [2.45, 2.75) is 76.9 Å². The van der Waals surface area contributed by atoms with Crippen LogP contribution in [0.1, 0.15) is 58.8 Å². The van der Waals surface area contributed by atoms with E-state index < -0.39 is 0 Å². The Morgan fingerprint density at radius 1 is 1.15 bits per heavy atom. The molecule has 0 aromatic carbocycles. The first-order valence-corrected chi connectivity index (χ1v) is 8.29. The van der Waals surface area contributed by atoms with Gasteiger partial charge in [0.2, 0.25) is 11.8 Å². The molecular weight excluding hydrogens is 252 g/mol. The lowest BCUT2D eigenvalue weighted by atomic mass is 9.95. The van der Waals surface area contributed by atoms with Crippen molar-refractivity contribution in [3.8, 4) is 0 Å². The fraction of sp³-hybridized carbons (Fsp3) is 0.875. The molecule has 112 valence electrons. The molecule has 4 nitrogen and oxygen atoms in total. The fourth-order valence-electron chi connectivity index (χ4n) is 3.73. The molecule has 0 radical (unpaired) electrons. The second-order valence-electron chi connectivity index (χ2n) is 6.68. The Balaban J connectivity index is 1.85. The molecule has 3 rings (SSSR count). The molecule has 0 aromatic rings. The average molecular weight is 278 g/mol. The van der Waals surface area contributed by atoms with Gasteiger partial charge in [0.1, 0.15) is 12.1 Å². The molecule has 1 N–H and O–H groups in total. The minimum atomic E-state index is -0.282. The van der Waals surface area contributed by atoms with E-state index in [2.05, 4.69) is 12.2 Å². The van der Waals surface area contributed by atoms with Crippen molar-refractivity contribution in [1.82, 2.24) is 10.2 Å². The first kappa shape index (κ1) is 13.9. The molecule has 0 aromatic heterocycles. The zero-order chi connectivity index (χ0) is 14.3. The highest BCUT2D eigenvalue weighted by Gasteiger charge is 2.51. The van der Waals surface area contributed by atoms with Gasteiger partial charge < -0.3 is 10.2 Å². The molecule has 0 spiro atoms. The van der Waals surface area contributed by atoms with Crippen LogP contribution in [0, 0.1) is 11.8 Å². The molecule has 0 bridgehead atoms. The number of amides is 2. The summed E-state index contributed by atoms with van der Waals surface area (Å²) >= 11 is 0. The highest BCUT2D eigenvalue weighted by molar-refractivity contribution is 5.97. The Kier molecular flexibility index (Phi) is 3.74. The maximum Gasteiger partial charge on any atom is 0.246 e. The van der Waals surface area contributed by atoms with Crippen LogP contribution < -0.4 is 5.32 Å². The lowest BCUT2D eigenvalue weighted by Crippen LogP contribution is -2.66. The highest BCUT2D eigenvalue weighted by Crippen LogP contribution is 2.48. The number of rotatable bonds is 6. The lowest BCUT2D eigenvalue weighted by Gasteiger charge is -2.43. The Hall–Kier alpha value is -1.06. The lowest BCUT2D eigenvalue weighted by molar-refractivity contribution is -0.153. The van der Waals surface area contributed by atoms with Crippen LogP contribution in [0.5, 0.6) is 0 Å². The van der Waals surface area contributed by atoms with Gasteiger partial charge in [-0.25, -0.2) is 0 Å². The molecule has 2 aliphatic carbocycles. The van der Waals surface area contributed by atoms with E-state index in [1.54, 1.807) is 0 Å². The minimum absolute atomic E-state index is 0.0665. The van der Waals surface area contributed by atoms with Crippen LogP contribution >= 0.6 is 0 Å². The van der Waals surface area contributed by atoms with Gasteiger partial charge in [0.25, 0.3) is 0 Å². The van der Waals surface area contributed by atoms with Gasteiger partial charge in [0.15, 0.2) is 0 Å². The second-order valence-corrected chi connectivity index (χ2v) is 6.68. The molecule has 1 saturated heterocycles. The monoisotopic (exact) mass is 278 g/mol. The van der Waals surface area contributed by atoms with E-state index in [9.17, 15) is 9.59 Å². The standard InChI is InChI=1S/C16H26N2O2/c1-3-5-12-16(20)18(13(4-2)15(19)17-12)14(10-6-7-10)11-8-9-11/h10-14H,3-9H2,1-2H3,(H,17,19). The number of hydrogen-bond donors (Lipinski definition) is 1. The third kappa shape index (κ3) is 2.45. The topological polar surface area (TPSA) is 49.4 Å². The smallest absolute Gasteiger partial charge is 0.246 e. The molecule has 2 unspecified atom stereocenters. The van der Waals surface area contributed by atoms with Crippen molar-refractivity contribution in [2.75, 3.05) is 0 Å². The van der Waals surface area contributed by atoms with Crippen molar-refractivity contribution in [2.24, 2.45) is 11.8 Å². The van der Waals surface area contributed by atoms with E-state index in [-0.39, 0.29) is 23.9 Å². The summed E-state index contributed by atoms with van der Waals surface area (Å²) in [6, 6.07) is -0.171. The van der Waals surface area contributed by atoms with Gasteiger partial charge in [-0.05, 0) is 50.4 Å². The largest absolute Gasteiger partial charge is 0.343 e. The predicted octanol–water partition coefficient (Wildman–Crippen LogP) is 2.08. The van der Waals surface area contributed by atoms with E-state index in [0.717, 1.165) is 19.3 Å². The summed E-state index contributed by atoms with van der Waals surface area (Å²) in [7, 11) is 0. The van der Waals surface area contributed by atoms with Gasteiger partial charge in [-0.2, -0.15) is 0 Å². The number of nitrogens with zero attached hydrogens (tertiary/aromatic N) is 1. The van der Waals surface area contributed by atoms with Gasteiger partial charge in [-0.15, -0.1) is 0 Å².